The van der Waals surface area contributed by atoms with Gasteiger partial charge < -0.3 is 10.4 Å². The van der Waals surface area contributed by atoms with Crippen LogP contribution in [0.25, 0.3) is 0 Å². The van der Waals surface area contributed by atoms with Crippen molar-refractivity contribution in [1.29, 1.82) is 0 Å². The van der Waals surface area contributed by atoms with Crippen molar-refractivity contribution >= 4 is 5.97 Å². The minimum Gasteiger partial charge on any atom is -0.481 e. The van der Waals surface area contributed by atoms with Crippen LogP contribution >= 0.6 is 0 Å². The van der Waals surface area contributed by atoms with E-state index in [4.69, 9.17) is 5.11 Å². The van der Waals surface area contributed by atoms with Gasteiger partial charge in [0.05, 0.1) is 5.92 Å². The first kappa shape index (κ1) is 6.29. The van der Waals surface area contributed by atoms with Gasteiger partial charge in [-0.3, -0.25) is 4.79 Å². The molecule has 50 valence electrons. The molecular formula is C6H9NO2. The van der Waals surface area contributed by atoms with Crippen LogP contribution in [0.5, 0.6) is 0 Å². The van der Waals surface area contributed by atoms with Crippen LogP contribution in [0.4, 0.5) is 0 Å². The molecular weight excluding hydrogens is 118 g/mol. The summed E-state index contributed by atoms with van der Waals surface area (Å²) in [6.45, 7) is 1.36. The molecule has 0 bridgehead atoms. The number of hydrogen-bond donors (Lipinski definition) is 2. The van der Waals surface area contributed by atoms with E-state index in [1.807, 2.05) is 6.08 Å². The Hall–Kier alpha value is -0.830. The predicted octanol–water partition coefficient (Wildman–Crippen LogP) is -0.153. The number of carboxylic acids is 1. The van der Waals surface area contributed by atoms with Crippen LogP contribution in [0.1, 0.15) is 0 Å². The first-order valence-electron chi connectivity index (χ1n) is 2.91. The summed E-state index contributed by atoms with van der Waals surface area (Å²) in [5.41, 5.74) is 0. The molecule has 1 aliphatic heterocycles. The SMILES string of the molecule is O=C(O)C1C=CCNC1. The van der Waals surface area contributed by atoms with Gasteiger partial charge in [-0.25, -0.2) is 0 Å². The number of nitrogens with one attached hydrogen (secondary N) is 1. The first-order valence-corrected chi connectivity index (χ1v) is 2.91. The molecule has 1 heterocycles. The van der Waals surface area contributed by atoms with Crippen LogP contribution in [0.2, 0.25) is 0 Å². The monoisotopic (exact) mass is 127 g/mol. The largest absolute Gasteiger partial charge is 0.481 e. The Morgan fingerprint density at radius 1 is 1.78 bits per heavy atom. The lowest BCUT2D eigenvalue weighted by molar-refractivity contribution is -0.140. The number of rotatable bonds is 1. The maximum Gasteiger partial charge on any atom is 0.311 e. The van der Waals surface area contributed by atoms with Crippen LogP contribution in [0, 0.1) is 5.92 Å². The third-order valence-electron chi connectivity index (χ3n) is 1.31. The number of aliphatic carboxylic acids is 1. The van der Waals surface area contributed by atoms with Crippen molar-refractivity contribution < 1.29 is 9.90 Å². The molecule has 1 unspecified atom stereocenters. The molecule has 0 spiro atoms. The maximum atomic E-state index is 10.3. The quantitative estimate of drug-likeness (QED) is 0.481. The van der Waals surface area contributed by atoms with Crippen molar-refractivity contribution in [2.45, 2.75) is 0 Å². The Labute approximate surface area is 53.4 Å². The van der Waals surface area contributed by atoms with E-state index in [0.29, 0.717) is 6.54 Å². The van der Waals surface area contributed by atoms with E-state index in [0.717, 1.165) is 6.54 Å². The highest BCUT2D eigenvalue weighted by Gasteiger charge is 2.14. The van der Waals surface area contributed by atoms with Crippen molar-refractivity contribution in [1.82, 2.24) is 5.32 Å². The van der Waals surface area contributed by atoms with Gasteiger partial charge in [-0.15, -0.1) is 0 Å². The van der Waals surface area contributed by atoms with Crippen molar-refractivity contribution in [3.05, 3.63) is 12.2 Å². The number of carboxylic acid groups (broad SMARTS) is 1. The normalized spacial score (nSPS) is 26.0. The molecule has 0 aromatic rings. The summed E-state index contributed by atoms with van der Waals surface area (Å²) < 4.78 is 0. The van der Waals surface area contributed by atoms with Gasteiger partial charge in [0.25, 0.3) is 0 Å². The highest BCUT2D eigenvalue weighted by atomic mass is 16.4. The van der Waals surface area contributed by atoms with Crippen molar-refractivity contribution in [2.75, 3.05) is 13.1 Å². The van der Waals surface area contributed by atoms with Crippen molar-refractivity contribution in [3.8, 4) is 0 Å². The summed E-state index contributed by atoms with van der Waals surface area (Å²) in [5.74, 6) is -1.07. The average molecular weight is 127 g/mol. The van der Waals surface area contributed by atoms with E-state index in [-0.39, 0.29) is 5.92 Å². The lowest BCUT2D eigenvalue weighted by Gasteiger charge is -2.11. The molecule has 0 aromatic heterocycles. The van der Waals surface area contributed by atoms with Crippen LogP contribution < -0.4 is 5.32 Å². The zero-order valence-electron chi connectivity index (χ0n) is 5.00. The molecule has 1 atom stereocenters. The van der Waals surface area contributed by atoms with E-state index in [1.54, 1.807) is 6.08 Å². The second kappa shape index (κ2) is 2.64. The fourth-order valence-corrected chi connectivity index (χ4v) is 0.792. The second-order valence-corrected chi connectivity index (χ2v) is 2.03. The molecule has 0 radical (unpaired) electrons. The van der Waals surface area contributed by atoms with E-state index >= 15 is 0 Å². The number of carbonyl (C=O) groups is 1. The fraction of sp³-hybridized carbons (Fsp3) is 0.500. The van der Waals surface area contributed by atoms with Crippen molar-refractivity contribution in [3.63, 3.8) is 0 Å². The van der Waals surface area contributed by atoms with E-state index in [1.165, 1.54) is 0 Å². The molecule has 0 saturated heterocycles. The van der Waals surface area contributed by atoms with Gasteiger partial charge in [0.15, 0.2) is 0 Å². The molecule has 1 aliphatic rings. The summed E-state index contributed by atoms with van der Waals surface area (Å²) in [6.07, 6.45) is 3.56. The summed E-state index contributed by atoms with van der Waals surface area (Å²) in [6, 6.07) is 0. The lowest BCUT2D eigenvalue weighted by atomic mass is 10.1. The molecule has 0 aromatic carbocycles. The van der Waals surface area contributed by atoms with E-state index in [9.17, 15) is 4.79 Å². The third-order valence-corrected chi connectivity index (χ3v) is 1.31. The fourth-order valence-electron chi connectivity index (χ4n) is 0.792. The zero-order chi connectivity index (χ0) is 6.69. The molecule has 3 nitrogen and oxygen atoms in total. The van der Waals surface area contributed by atoms with Crippen LogP contribution in [-0.2, 0) is 4.79 Å². The van der Waals surface area contributed by atoms with E-state index < -0.39 is 5.97 Å². The summed E-state index contributed by atoms with van der Waals surface area (Å²) >= 11 is 0. The van der Waals surface area contributed by atoms with Gasteiger partial charge in [0.1, 0.15) is 0 Å². The van der Waals surface area contributed by atoms with Crippen LogP contribution in [0.15, 0.2) is 12.2 Å². The molecule has 2 N–H and O–H groups in total. The van der Waals surface area contributed by atoms with Crippen LogP contribution in [-0.4, -0.2) is 24.2 Å². The number of hydrogen-bond acceptors (Lipinski definition) is 2. The van der Waals surface area contributed by atoms with Crippen molar-refractivity contribution in [2.24, 2.45) is 5.92 Å². The van der Waals surface area contributed by atoms with Gasteiger partial charge >= 0.3 is 5.97 Å². The predicted molar refractivity (Wildman–Crippen MR) is 33.1 cm³/mol. The average Bonchev–Trinajstić information content (AvgIpc) is 1.90. The molecule has 0 saturated carbocycles. The zero-order valence-corrected chi connectivity index (χ0v) is 5.00. The molecule has 0 amide bonds. The Morgan fingerprint density at radius 2 is 2.56 bits per heavy atom. The van der Waals surface area contributed by atoms with Gasteiger partial charge in [-0.2, -0.15) is 0 Å². The van der Waals surface area contributed by atoms with Crippen LogP contribution in [0.3, 0.4) is 0 Å². The van der Waals surface area contributed by atoms with E-state index in [2.05, 4.69) is 5.32 Å². The molecule has 9 heavy (non-hydrogen) atoms. The maximum absolute atomic E-state index is 10.3. The van der Waals surface area contributed by atoms with Gasteiger partial charge in [-0.05, 0) is 0 Å². The Balaban J connectivity index is 2.50. The summed E-state index contributed by atoms with van der Waals surface area (Å²) in [7, 11) is 0. The minimum atomic E-state index is -0.751. The second-order valence-electron chi connectivity index (χ2n) is 2.03. The molecule has 0 aliphatic carbocycles. The standard InChI is InChI=1S/C6H9NO2/c8-6(9)5-2-1-3-7-4-5/h1-2,5,7H,3-4H2,(H,8,9). The Morgan fingerprint density at radius 3 is 2.89 bits per heavy atom. The summed E-state index contributed by atoms with van der Waals surface area (Å²) in [4.78, 5) is 10.3. The Kier molecular flexibility index (Phi) is 1.85. The van der Waals surface area contributed by atoms with Gasteiger partial charge in [0, 0.05) is 13.1 Å². The molecule has 3 heteroatoms. The summed E-state index contributed by atoms with van der Waals surface area (Å²) in [5, 5.41) is 11.4. The first-order chi connectivity index (χ1) is 4.30. The lowest BCUT2D eigenvalue weighted by Crippen LogP contribution is -2.30. The topological polar surface area (TPSA) is 49.3 Å². The molecule has 1 rings (SSSR count). The Bertz CT molecular complexity index is 142. The highest BCUT2D eigenvalue weighted by molar-refractivity contribution is 5.72. The third kappa shape index (κ3) is 1.54. The van der Waals surface area contributed by atoms with Gasteiger partial charge in [-0.1, -0.05) is 12.2 Å². The van der Waals surface area contributed by atoms with Gasteiger partial charge in [0.2, 0.25) is 0 Å². The minimum absolute atomic E-state index is 0.321. The highest BCUT2D eigenvalue weighted by Crippen LogP contribution is 2.00. The molecule has 0 fully saturated rings. The smallest absolute Gasteiger partial charge is 0.311 e.